The first-order chi connectivity index (χ1) is 9.19. The van der Waals surface area contributed by atoms with E-state index in [1.54, 1.807) is 0 Å². The van der Waals surface area contributed by atoms with E-state index in [2.05, 4.69) is 48.0 Å². The molecule has 19 heavy (non-hydrogen) atoms. The molecule has 1 aromatic heterocycles. The number of rotatable bonds is 6. The topological polar surface area (TPSA) is 31.6 Å². The van der Waals surface area contributed by atoms with E-state index >= 15 is 0 Å². The van der Waals surface area contributed by atoms with Crippen LogP contribution in [-0.2, 0) is 13.1 Å². The number of furan rings is 1. The maximum Gasteiger partial charge on any atom is 0.118 e. The van der Waals surface area contributed by atoms with Crippen molar-refractivity contribution in [2.24, 2.45) is 0 Å². The summed E-state index contributed by atoms with van der Waals surface area (Å²) in [4.78, 5) is 5.02. The summed E-state index contributed by atoms with van der Waals surface area (Å²) < 4.78 is 5.84. The first kappa shape index (κ1) is 14.6. The van der Waals surface area contributed by atoms with E-state index in [1.807, 2.05) is 0 Å². The van der Waals surface area contributed by atoms with Crippen molar-refractivity contribution in [3.05, 3.63) is 23.7 Å². The molecule has 0 aromatic carbocycles. The molecule has 0 atom stereocenters. The van der Waals surface area contributed by atoms with Crippen molar-refractivity contribution in [2.75, 3.05) is 32.7 Å². The molecule has 0 spiro atoms. The highest BCUT2D eigenvalue weighted by molar-refractivity contribution is 5.07. The Hall–Kier alpha value is -0.840. The average Bonchev–Trinajstić information content (AvgIpc) is 2.84. The van der Waals surface area contributed by atoms with Crippen LogP contribution in [0.5, 0.6) is 0 Å². The van der Waals surface area contributed by atoms with Crippen molar-refractivity contribution in [2.45, 2.75) is 39.9 Å². The lowest BCUT2D eigenvalue weighted by Gasteiger charge is -2.36. The smallest absolute Gasteiger partial charge is 0.118 e. The number of hydrogen-bond acceptors (Lipinski definition) is 4. The van der Waals surface area contributed by atoms with Gasteiger partial charge in [0.05, 0.1) is 13.1 Å². The second-order valence-electron chi connectivity index (χ2n) is 5.55. The molecular weight excluding hydrogens is 238 g/mol. The Morgan fingerprint density at radius 2 is 1.84 bits per heavy atom. The van der Waals surface area contributed by atoms with Crippen LogP contribution < -0.4 is 5.32 Å². The summed E-state index contributed by atoms with van der Waals surface area (Å²) in [6.07, 6.45) is 0. The van der Waals surface area contributed by atoms with Gasteiger partial charge in [-0.2, -0.15) is 0 Å². The van der Waals surface area contributed by atoms with E-state index < -0.39 is 0 Å². The highest BCUT2D eigenvalue weighted by atomic mass is 16.3. The van der Waals surface area contributed by atoms with Crippen molar-refractivity contribution in [1.82, 2.24) is 15.1 Å². The van der Waals surface area contributed by atoms with Crippen LogP contribution in [0.4, 0.5) is 0 Å². The molecule has 2 rings (SSSR count). The fourth-order valence-electron chi connectivity index (χ4n) is 2.51. The Labute approximate surface area is 116 Å². The quantitative estimate of drug-likeness (QED) is 0.851. The molecule has 4 nitrogen and oxygen atoms in total. The summed E-state index contributed by atoms with van der Waals surface area (Å²) in [5.41, 5.74) is 0. The molecule has 0 aliphatic carbocycles. The van der Waals surface area contributed by atoms with E-state index in [9.17, 15) is 0 Å². The van der Waals surface area contributed by atoms with Crippen LogP contribution in [0.15, 0.2) is 16.5 Å². The second kappa shape index (κ2) is 7.08. The van der Waals surface area contributed by atoms with Gasteiger partial charge >= 0.3 is 0 Å². The Bertz CT molecular complexity index is 367. The summed E-state index contributed by atoms with van der Waals surface area (Å²) in [6.45, 7) is 14.0. The van der Waals surface area contributed by atoms with Gasteiger partial charge in [-0.25, -0.2) is 0 Å². The molecule has 1 aromatic rings. The van der Waals surface area contributed by atoms with Crippen LogP contribution in [0.2, 0.25) is 0 Å². The molecule has 1 fully saturated rings. The molecule has 1 saturated heterocycles. The molecule has 0 unspecified atom stereocenters. The SMILES string of the molecule is CCNCc1ccc(CN2CCN(C(C)C)CC2)o1. The van der Waals surface area contributed by atoms with Crippen molar-refractivity contribution in [3.63, 3.8) is 0 Å². The van der Waals surface area contributed by atoms with Gasteiger partial charge in [0.15, 0.2) is 0 Å². The molecule has 0 radical (unpaired) electrons. The zero-order valence-corrected chi connectivity index (χ0v) is 12.5. The van der Waals surface area contributed by atoms with E-state index in [0.29, 0.717) is 6.04 Å². The molecule has 0 amide bonds. The van der Waals surface area contributed by atoms with Crippen molar-refractivity contribution < 1.29 is 4.42 Å². The molecule has 0 bridgehead atoms. The van der Waals surface area contributed by atoms with Crippen LogP contribution in [-0.4, -0.2) is 48.6 Å². The first-order valence-electron chi connectivity index (χ1n) is 7.43. The van der Waals surface area contributed by atoms with Crippen LogP contribution >= 0.6 is 0 Å². The van der Waals surface area contributed by atoms with E-state index in [0.717, 1.165) is 44.2 Å². The van der Waals surface area contributed by atoms with Gasteiger partial charge in [0.25, 0.3) is 0 Å². The van der Waals surface area contributed by atoms with E-state index in [-0.39, 0.29) is 0 Å². The van der Waals surface area contributed by atoms with E-state index in [1.165, 1.54) is 13.1 Å². The lowest BCUT2D eigenvalue weighted by atomic mass is 10.2. The Balaban J connectivity index is 1.77. The lowest BCUT2D eigenvalue weighted by molar-refractivity contribution is 0.0987. The molecule has 108 valence electrons. The maximum atomic E-state index is 5.84. The summed E-state index contributed by atoms with van der Waals surface area (Å²) in [5, 5.41) is 3.29. The highest BCUT2D eigenvalue weighted by Crippen LogP contribution is 2.13. The fraction of sp³-hybridized carbons (Fsp3) is 0.733. The Morgan fingerprint density at radius 1 is 1.16 bits per heavy atom. The average molecular weight is 265 g/mol. The molecule has 4 heteroatoms. The van der Waals surface area contributed by atoms with Crippen molar-refractivity contribution in [1.29, 1.82) is 0 Å². The number of piperazine rings is 1. The summed E-state index contributed by atoms with van der Waals surface area (Å²) in [7, 11) is 0. The Kier molecular flexibility index (Phi) is 5.43. The minimum Gasteiger partial charge on any atom is -0.463 e. The van der Waals surface area contributed by atoms with Gasteiger partial charge in [0.1, 0.15) is 11.5 Å². The first-order valence-corrected chi connectivity index (χ1v) is 7.43. The lowest BCUT2D eigenvalue weighted by Crippen LogP contribution is -2.48. The zero-order chi connectivity index (χ0) is 13.7. The summed E-state index contributed by atoms with van der Waals surface area (Å²) >= 11 is 0. The predicted octanol–water partition coefficient (Wildman–Crippen LogP) is 1.92. The third-order valence-electron chi connectivity index (χ3n) is 3.78. The van der Waals surface area contributed by atoms with Crippen molar-refractivity contribution in [3.8, 4) is 0 Å². The number of hydrogen-bond donors (Lipinski definition) is 1. The van der Waals surface area contributed by atoms with Gasteiger partial charge in [-0.15, -0.1) is 0 Å². The highest BCUT2D eigenvalue weighted by Gasteiger charge is 2.19. The van der Waals surface area contributed by atoms with Crippen LogP contribution in [0, 0.1) is 0 Å². The monoisotopic (exact) mass is 265 g/mol. The fourth-order valence-corrected chi connectivity index (χ4v) is 2.51. The molecule has 0 saturated carbocycles. The minimum absolute atomic E-state index is 0.664. The van der Waals surface area contributed by atoms with Gasteiger partial charge in [-0.05, 0) is 32.5 Å². The number of nitrogens with zero attached hydrogens (tertiary/aromatic N) is 2. The van der Waals surface area contributed by atoms with Crippen LogP contribution in [0.1, 0.15) is 32.3 Å². The molecule has 1 N–H and O–H groups in total. The van der Waals surface area contributed by atoms with Gasteiger partial charge < -0.3 is 9.73 Å². The van der Waals surface area contributed by atoms with Crippen LogP contribution in [0.3, 0.4) is 0 Å². The van der Waals surface area contributed by atoms with Crippen LogP contribution in [0.25, 0.3) is 0 Å². The van der Waals surface area contributed by atoms with E-state index in [4.69, 9.17) is 4.42 Å². The van der Waals surface area contributed by atoms with Gasteiger partial charge in [-0.1, -0.05) is 6.92 Å². The Morgan fingerprint density at radius 3 is 2.47 bits per heavy atom. The summed E-state index contributed by atoms with van der Waals surface area (Å²) in [5.74, 6) is 2.13. The molecule has 1 aliphatic heterocycles. The van der Waals surface area contributed by atoms with Gasteiger partial charge in [-0.3, -0.25) is 9.80 Å². The number of nitrogens with one attached hydrogen (secondary N) is 1. The minimum atomic E-state index is 0.664. The third kappa shape index (κ3) is 4.34. The normalized spacial score (nSPS) is 18.3. The van der Waals surface area contributed by atoms with Crippen molar-refractivity contribution >= 4 is 0 Å². The zero-order valence-electron chi connectivity index (χ0n) is 12.5. The van der Waals surface area contributed by atoms with Gasteiger partial charge in [0.2, 0.25) is 0 Å². The summed E-state index contributed by atoms with van der Waals surface area (Å²) in [6, 6.07) is 4.86. The standard InChI is InChI=1S/C15H27N3O/c1-4-16-11-14-5-6-15(19-14)12-17-7-9-18(10-8-17)13(2)3/h5-6,13,16H,4,7-12H2,1-3H3. The molecule has 2 heterocycles. The molecular formula is C15H27N3O. The molecule has 1 aliphatic rings. The van der Waals surface area contributed by atoms with Gasteiger partial charge in [0, 0.05) is 32.2 Å². The maximum absolute atomic E-state index is 5.84. The largest absolute Gasteiger partial charge is 0.463 e. The second-order valence-corrected chi connectivity index (χ2v) is 5.55. The third-order valence-corrected chi connectivity index (χ3v) is 3.78. The predicted molar refractivity (Wildman–Crippen MR) is 78.1 cm³/mol.